The Labute approximate surface area is 143 Å². The van der Waals surface area contributed by atoms with Crippen LogP contribution in [0.5, 0.6) is 0 Å². The van der Waals surface area contributed by atoms with E-state index in [1.807, 2.05) is 12.1 Å². The average molecular weight is 333 g/mol. The Hall–Kier alpha value is -1.06. The Bertz CT molecular complexity index is 586. The second kappa shape index (κ2) is 6.45. The van der Waals surface area contributed by atoms with Gasteiger partial charge >= 0.3 is 0 Å². The average Bonchev–Trinajstić information content (AvgIpc) is 3.40. The van der Waals surface area contributed by atoms with E-state index in [1.165, 1.54) is 18.4 Å². The summed E-state index contributed by atoms with van der Waals surface area (Å²) < 4.78 is 0. The number of nitrogens with zero attached hydrogens (tertiary/aromatic N) is 1. The fourth-order valence-corrected chi connectivity index (χ4v) is 4.55. The zero-order valence-corrected chi connectivity index (χ0v) is 14.3. The molecule has 2 saturated heterocycles. The maximum Gasteiger partial charge on any atom is 0.223 e. The molecule has 1 amide bonds. The van der Waals surface area contributed by atoms with E-state index in [0.717, 1.165) is 43.8 Å². The molecule has 3 aliphatic rings. The Kier molecular flexibility index (Phi) is 4.33. The van der Waals surface area contributed by atoms with Crippen molar-refractivity contribution in [2.45, 2.75) is 56.5 Å². The first-order valence-corrected chi connectivity index (χ1v) is 9.37. The molecule has 4 rings (SSSR count). The molecule has 1 aliphatic carbocycles. The molecule has 3 nitrogen and oxygen atoms in total. The number of carbonyl (C=O) groups is 1. The lowest BCUT2D eigenvalue weighted by molar-refractivity contribution is -0.123. The third-order valence-electron chi connectivity index (χ3n) is 5.78. The van der Waals surface area contributed by atoms with Crippen LogP contribution >= 0.6 is 11.6 Å². The summed E-state index contributed by atoms with van der Waals surface area (Å²) in [5, 5.41) is 4.18. The van der Waals surface area contributed by atoms with Crippen molar-refractivity contribution in [3.63, 3.8) is 0 Å². The van der Waals surface area contributed by atoms with Gasteiger partial charge in [-0.25, -0.2) is 0 Å². The molecule has 0 radical (unpaired) electrons. The number of fused-ring (bicyclic) bond motifs is 1. The SMILES string of the molecule is O=C(N[C@H]1CCN2C[C@H](c3ccccc3Cl)CC[C@H]2C1)C1CC1. The topological polar surface area (TPSA) is 32.3 Å². The lowest BCUT2D eigenvalue weighted by atomic mass is 9.82. The highest BCUT2D eigenvalue weighted by atomic mass is 35.5. The lowest BCUT2D eigenvalue weighted by Gasteiger charge is -2.45. The van der Waals surface area contributed by atoms with Crippen LogP contribution in [-0.4, -0.2) is 36.0 Å². The summed E-state index contributed by atoms with van der Waals surface area (Å²) in [5.74, 6) is 1.18. The van der Waals surface area contributed by atoms with E-state index in [-0.39, 0.29) is 0 Å². The van der Waals surface area contributed by atoms with Crippen LogP contribution < -0.4 is 5.32 Å². The van der Waals surface area contributed by atoms with Crippen molar-refractivity contribution in [2.75, 3.05) is 13.1 Å². The van der Waals surface area contributed by atoms with E-state index < -0.39 is 0 Å². The number of piperidine rings is 2. The van der Waals surface area contributed by atoms with Crippen LogP contribution in [-0.2, 0) is 4.79 Å². The molecule has 1 aromatic rings. The van der Waals surface area contributed by atoms with Gasteiger partial charge in [0.05, 0.1) is 0 Å². The zero-order valence-electron chi connectivity index (χ0n) is 13.5. The summed E-state index contributed by atoms with van der Waals surface area (Å²) in [6.07, 6.45) is 6.80. The van der Waals surface area contributed by atoms with Crippen molar-refractivity contribution < 1.29 is 4.79 Å². The molecule has 1 aromatic carbocycles. The highest BCUT2D eigenvalue weighted by Gasteiger charge is 2.37. The minimum atomic E-state index is 0.299. The smallest absolute Gasteiger partial charge is 0.223 e. The Morgan fingerprint density at radius 3 is 2.74 bits per heavy atom. The molecule has 2 heterocycles. The molecule has 2 aliphatic heterocycles. The van der Waals surface area contributed by atoms with Gasteiger partial charge in [-0.2, -0.15) is 0 Å². The monoisotopic (exact) mass is 332 g/mol. The van der Waals surface area contributed by atoms with Crippen LogP contribution in [0.25, 0.3) is 0 Å². The number of carbonyl (C=O) groups excluding carboxylic acids is 1. The largest absolute Gasteiger partial charge is 0.353 e. The van der Waals surface area contributed by atoms with E-state index in [0.29, 0.717) is 29.8 Å². The highest BCUT2D eigenvalue weighted by Crippen LogP contribution is 2.37. The van der Waals surface area contributed by atoms with Gasteiger partial charge in [-0.05, 0) is 56.1 Å². The van der Waals surface area contributed by atoms with Gasteiger partial charge in [-0.15, -0.1) is 0 Å². The third kappa shape index (κ3) is 3.41. The van der Waals surface area contributed by atoms with Crippen molar-refractivity contribution >= 4 is 17.5 Å². The predicted octanol–water partition coefficient (Wildman–Crippen LogP) is 3.58. The fraction of sp³-hybridized carbons (Fsp3) is 0.632. The summed E-state index contributed by atoms with van der Waals surface area (Å²) in [4.78, 5) is 14.6. The van der Waals surface area contributed by atoms with Crippen molar-refractivity contribution in [2.24, 2.45) is 5.92 Å². The van der Waals surface area contributed by atoms with Gasteiger partial charge in [0, 0.05) is 36.1 Å². The second-order valence-corrected chi connectivity index (χ2v) is 7.86. The first-order chi connectivity index (χ1) is 11.2. The number of hydrogen-bond donors (Lipinski definition) is 1. The molecular formula is C19H25ClN2O. The normalized spacial score (nSPS) is 31.4. The lowest BCUT2D eigenvalue weighted by Crippen LogP contribution is -2.53. The van der Waals surface area contributed by atoms with Crippen LogP contribution in [0.15, 0.2) is 24.3 Å². The zero-order chi connectivity index (χ0) is 15.8. The second-order valence-electron chi connectivity index (χ2n) is 7.45. The van der Waals surface area contributed by atoms with Gasteiger partial charge in [-0.3, -0.25) is 9.69 Å². The van der Waals surface area contributed by atoms with Crippen LogP contribution in [0.2, 0.25) is 5.02 Å². The number of nitrogens with one attached hydrogen (secondary N) is 1. The quantitative estimate of drug-likeness (QED) is 0.917. The van der Waals surface area contributed by atoms with Crippen molar-refractivity contribution in [3.8, 4) is 0 Å². The first-order valence-electron chi connectivity index (χ1n) is 8.99. The molecule has 23 heavy (non-hydrogen) atoms. The standard InChI is InChI=1S/C19H25ClN2O/c20-18-4-2-1-3-17(18)14-7-8-16-11-15(9-10-22(16)12-14)21-19(23)13-5-6-13/h1-4,13-16H,5-12H2,(H,21,23)/t14-,15+,16+/m1/s1. The van der Waals surface area contributed by atoms with E-state index in [4.69, 9.17) is 11.6 Å². The van der Waals surface area contributed by atoms with Gasteiger partial charge < -0.3 is 5.32 Å². The number of rotatable bonds is 3. The van der Waals surface area contributed by atoms with Gasteiger partial charge in [0.25, 0.3) is 0 Å². The molecule has 124 valence electrons. The highest BCUT2D eigenvalue weighted by molar-refractivity contribution is 6.31. The van der Waals surface area contributed by atoms with Crippen molar-refractivity contribution in [1.29, 1.82) is 0 Å². The summed E-state index contributed by atoms with van der Waals surface area (Å²) >= 11 is 6.38. The minimum absolute atomic E-state index is 0.299. The molecule has 0 aromatic heterocycles. The van der Waals surface area contributed by atoms with Gasteiger partial charge in [0.2, 0.25) is 5.91 Å². The Morgan fingerprint density at radius 2 is 1.96 bits per heavy atom. The number of halogens is 1. The van der Waals surface area contributed by atoms with Crippen molar-refractivity contribution in [3.05, 3.63) is 34.9 Å². The van der Waals surface area contributed by atoms with Gasteiger partial charge in [0.1, 0.15) is 0 Å². The number of hydrogen-bond acceptors (Lipinski definition) is 2. The summed E-state index contributed by atoms with van der Waals surface area (Å²) in [6, 6.07) is 9.30. The predicted molar refractivity (Wildman–Crippen MR) is 92.7 cm³/mol. The molecule has 0 spiro atoms. The maximum absolute atomic E-state index is 12.0. The first kappa shape index (κ1) is 15.5. The van der Waals surface area contributed by atoms with E-state index in [1.54, 1.807) is 0 Å². The number of amides is 1. The maximum atomic E-state index is 12.0. The molecular weight excluding hydrogens is 308 g/mol. The molecule has 4 heteroatoms. The fourth-order valence-electron chi connectivity index (χ4n) is 4.26. The third-order valence-corrected chi connectivity index (χ3v) is 6.12. The Morgan fingerprint density at radius 1 is 1.13 bits per heavy atom. The molecule has 3 atom stereocenters. The van der Waals surface area contributed by atoms with E-state index >= 15 is 0 Å². The van der Waals surface area contributed by atoms with E-state index in [2.05, 4.69) is 22.3 Å². The van der Waals surface area contributed by atoms with Crippen LogP contribution in [0, 0.1) is 5.92 Å². The molecule has 3 fully saturated rings. The van der Waals surface area contributed by atoms with Gasteiger partial charge in [-0.1, -0.05) is 29.8 Å². The van der Waals surface area contributed by atoms with Crippen LogP contribution in [0.1, 0.15) is 50.0 Å². The summed E-state index contributed by atoms with van der Waals surface area (Å²) in [5.41, 5.74) is 1.30. The molecule has 0 unspecified atom stereocenters. The molecule has 1 N–H and O–H groups in total. The molecule has 0 bridgehead atoms. The van der Waals surface area contributed by atoms with E-state index in [9.17, 15) is 4.79 Å². The summed E-state index contributed by atoms with van der Waals surface area (Å²) in [7, 11) is 0. The summed E-state index contributed by atoms with van der Waals surface area (Å²) in [6.45, 7) is 2.21. The minimum Gasteiger partial charge on any atom is -0.353 e. The van der Waals surface area contributed by atoms with Crippen molar-refractivity contribution in [1.82, 2.24) is 10.2 Å². The number of benzene rings is 1. The van der Waals surface area contributed by atoms with Gasteiger partial charge in [0.15, 0.2) is 0 Å². The Balaban J connectivity index is 1.35. The molecule has 1 saturated carbocycles. The van der Waals surface area contributed by atoms with Crippen LogP contribution in [0.4, 0.5) is 0 Å². The van der Waals surface area contributed by atoms with Crippen LogP contribution in [0.3, 0.4) is 0 Å².